The lowest BCUT2D eigenvalue weighted by atomic mass is 10.2. The molecule has 0 aromatic heterocycles. The van der Waals surface area contributed by atoms with Gasteiger partial charge < -0.3 is 9.47 Å². The first kappa shape index (κ1) is 25.0. The molecule has 0 radical (unpaired) electrons. The van der Waals surface area contributed by atoms with Crippen molar-refractivity contribution in [3.63, 3.8) is 0 Å². The quantitative estimate of drug-likeness (QED) is 0.391. The molecule has 186 valence electrons. The van der Waals surface area contributed by atoms with Gasteiger partial charge >= 0.3 is 5.97 Å². The minimum absolute atomic E-state index is 0.0516. The van der Waals surface area contributed by atoms with Crippen LogP contribution in [0.2, 0.25) is 0 Å². The Kier molecular flexibility index (Phi) is 7.60. The number of sulfonamides is 1. The van der Waals surface area contributed by atoms with E-state index in [1.165, 1.54) is 43.5 Å². The molecule has 0 N–H and O–H groups in total. The number of hydrogen-bond acceptors (Lipinski definition) is 8. The maximum absolute atomic E-state index is 13.6. The molecule has 4 rings (SSSR count). The first-order valence-electron chi connectivity index (χ1n) is 11.2. The fraction of sp³-hybridized carbons (Fsp3) is 0.375. The Morgan fingerprint density at radius 2 is 1.71 bits per heavy atom. The summed E-state index contributed by atoms with van der Waals surface area (Å²) >= 11 is 0. The molecule has 1 atom stereocenters. The molecule has 2 aliphatic rings. The number of morpholine rings is 1. The van der Waals surface area contributed by atoms with Crippen LogP contribution in [0.4, 0.5) is 5.69 Å². The van der Waals surface area contributed by atoms with Crippen LogP contribution in [0.15, 0.2) is 59.5 Å². The molecule has 10 nitrogen and oxygen atoms in total. The zero-order valence-corrected chi connectivity index (χ0v) is 20.1. The van der Waals surface area contributed by atoms with Crippen molar-refractivity contribution < 1.29 is 32.3 Å². The predicted octanol–water partition coefficient (Wildman–Crippen LogP) is 1.13. The third-order valence-corrected chi connectivity index (χ3v) is 8.03. The van der Waals surface area contributed by atoms with Crippen LogP contribution in [0.25, 0.3) is 0 Å². The van der Waals surface area contributed by atoms with Gasteiger partial charge in [0.05, 0.1) is 42.9 Å². The first-order valence-corrected chi connectivity index (χ1v) is 12.7. The second kappa shape index (κ2) is 10.6. The van der Waals surface area contributed by atoms with Gasteiger partial charge in [0, 0.05) is 26.2 Å². The topological polar surface area (TPSA) is 114 Å². The highest BCUT2D eigenvalue weighted by Crippen LogP contribution is 2.29. The number of esters is 1. The summed E-state index contributed by atoms with van der Waals surface area (Å²) in [4.78, 5) is 41.2. The molecule has 11 heteroatoms. The molecule has 2 heterocycles. The molecule has 0 spiro atoms. The molecule has 2 saturated heterocycles. The molecular weight excluding hydrogens is 474 g/mol. The standard InChI is InChI=1S/C24H27N3O7S/c1-33-24(30)18-7-9-19(10-8-18)27-22(28)17-21(23(27)29)26(12-11-25-13-15-34-16-14-25)35(31,32)20-5-3-2-4-6-20/h2-10,21H,11-17H2,1H3. The summed E-state index contributed by atoms with van der Waals surface area (Å²) < 4.78 is 38.4. The zero-order chi connectivity index (χ0) is 25.0. The van der Waals surface area contributed by atoms with Gasteiger partial charge in [-0.25, -0.2) is 18.1 Å². The van der Waals surface area contributed by atoms with Crippen molar-refractivity contribution in [2.75, 3.05) is 51.4 Å². The second-order valence-corrected chi connectivity index (χ2v) is 10.1. The van der Waals surface area contributed by atoms with Crippen molar-refractivity contribution in [1.82, 2.24) is 9.21 Å². The summed E-state index contributed by atoms with van der Waals surface area (Å²) in [5.74, 6) is -1.68. The van der Waals surface area contributed by atoms with Crippen molar-refractivity contribution in [2.24, 2.45) is 0 Å². The Labute approximate surface area is 204 Å². The van der Waals surface area contributed by atoms with Crippen LogP contribution in [-0.2, 0) is 29.1 Å². The average Bonchev–Trinajstić information content (AvgIpc) is 3.18. The molecule has 2 aliphatic heterocycles. The SMILES string of the molecule is COC(=O)c1ccc(N2C(=O)CC(N(CCN3CCOCC3)S(=O)(=O)c3ccccc3)C2=O)cc1. The van der Waals surface area contributed by atoms with Crippen molar-refractivity contribution in [3.8, 4) is 0 Å². The monoisotopic (exact) mass is 501 g/mol. The van der Waals surface area contributed by atoms with Crippen LogP contribution in [0.3, 0.4) is 0 Å². The summed E-state index contributed by atoms with van der Waals surface area (Å²) in [6, 6.07) is 12.5. The Balaban J connectivity index is 1.61. The summed E-state index contributed by atoms with van der Waals surface area (Å²) in [6.45, 7) is 2.89. The number of nitrogens with zero attached hydrogens (tertiary/aromatic N) is 3. The van der Waals surface area contributed by atoms with E-state index in [0.717, 1.165) is 9.21 Å². The van der Waals surface area contributed by atoms with Crippen molar-refractivity contribution >= 4 is 33.5 Å². The summed E-state index contributed by atoms with van der Waals surface area (Å²) in [6.07, 6.45) is -0.271. The lowest BCUT2D eigenvalue weighted by Crippen LogP contribution is -2.49. The maximum atomic E-state index is 13.6. The molecular formula is C24H27N3O7S. The van der Waals surface area contributed by atoms with Gasteiger partial charge in [-0.1, -0.05) is 18.2 Å². The van der Waals surface area contributed by atoms with Crippen molar-refractivity contribution in [2.45, 2.75) is 17.4 Å². The van der Waals surface area contributed by atoms with E-state index in [-0.39, 0.29) is 29.1 Å². The van der Waals surface area contributed by atoms with E-state index in [4.69, 9.17) is 4.74 Å². The average molecular weight is 502 g/mol. The minimum atomic E-state index is -4.05. The molecule has 2 aromatic carbocycles. The van der Waals surface area contributed by atoms with Crippen LogP contribution < -0.4 is 4.90 Å². The third-order valence-electron chi connectivity index (χ3n) is 6.11. The smallest absolute Gasteiger partial charge is 0.337 e. The first-order chi connectivity index (χ1) is 16.8. The van der Waals surface area contributed by atoms with Crippen molar-refractivity contribution in [3.05, 3.63) is 60.2 Å². The largest absolute Gasteiger partial charge is 0.465 e. The number of methoxy groups -OCH3 is 1. The van der Waals surface area contributed by atoms with Gasteiger partial charge in [-0.2, -0.15) is 4.31 Å². The molecule has 2 aromatic rings. The Morgan fingerprint density at radius 1 is 1.06 bits per heavy atom. The van der Waals surface area contributed by atoms with Gasteiger partial charge in [-0.15, -0.1) is 0 Å². The van der Waals surface area contributed by atoms with Crippen LogP contribution in [0, 0.1) is 0 Å². The molecule has 0 bridgehead atoms. The fourth-order valence-corrected chi connectivity index (χ4v) is 5.81. The maximum Gasteiger partial charge on any atom is 0.337 e. The van der Waals surface area contributed by atoms with Gasteiger partial charge in [-0.05, 0) is 36.4 Å². The van der Waals surface area contributed by atoms with E-state index >= 15 is 0 Å². The van der Waals surface area contributed by atoms with E-state index in [1.807, 2.05) is 0 Å². The minimum Gasteiger partial charge on any atom is -0.465 e. The molecule has 2 amide bonds. The highest BCUT2D eigenvalue weighted by atomic mass is 32.2. The fourth-order valence-electron chi connectivity index (χ4n) is 4.21. The highest BCUT2D eigenvalue weighted by Gasteiger charge is 2.47. The number of carbonyl (C=O) groups excluding carboxylic acids is 3. The van der Waals surface area contributed by atoms with Gasteiger partial charge in [-0.3, -0.25) is 14.5 Å². The van der Waals surface area contributed by atoms with Crippen LogP contribution in [0.1, 0.15) is 16.8 Å². The Morgan fingerprint density at radius 3 is 2.34 bits per heavy atom. The van der Waals surface area contributed by atoms with E-state index in [9.17, 15) is 22.8 Å². The lowest BCUT2D eigenvalue weighted by Gasteiger charge is -2.31. The Bertz CT molecular complexity index is 1180. The highest BCUT2D eigenvalue weighted by molar-refractivity contribution is 7.89. The van der Waals surface area contributed by atoms with E-state index in [0.29, 0.717) is 32.8 Å². The number of rotatable bonds is 8. The molecule has 35 heavy (non-hydrogen) atoms. The van der Waals surface area contributed by atoms with E-state index < -0.39 is 33.8 Å². The number of benzene rings is 2. The van der Waals surface area contributed by atoms with Gasteiger partial charge in [0.2, 0.25) is 15.9 Å². The van der Waals surface area contributed by atoms with Gasteiger partial charge in [0.1, 0.15) is 6.04 Å². The third kappa shape index (κ3) is 5.27. The van der Waals surface area contributed by atoms with E-state index in [1.54, 1.807) is 18.2 Å². The number of amides is 2. The molecule has 0 saturated carbocycles. The Hall–Kier alpha value is -3.12. The normalized spacial score (nSPS) is 19.4. The van der Waals surface area contributed by atoms with Gasteiger partial charge in [0.15, 0.2) is 0 Å². The predicted molar refractivity (Wildman–Crippen MR) is 126 cm³/mol. The second-order valence-electron chi connectivity index (χ2n) is 8.21. The number of anilines is 1. The van der Waals surface area contributed by atoms with Crippen LogP contribution in [0.5, 0.6) is 0 Å². The van der Waals surface area contributed by atoms with Crippen LogP contribution >= 0.6 is 0 Å². The number of imide groups is 1. The van der Waals surface area contributed by atoms with Gasteiger partial charge in [0.25, 0.3) is 5.91 Å². The molecule has 2 fully saturated rings. The lowest BCUT2D eigenvalue weighted by molar-refractivity contribution is -0.122. The number of carbonyl (C=O) groups is 3. The zero-order valence-electron chi connectivity index (χ0n) is 19.3. The van der Waals surface area contributed by atoms with E-state index in [2.05, 4.69) is 9.64 Å². The number of hydrogen-bond donors (Lipinski definition) is 0. The summed E-state index contributed by atoms with van der Waals surface area (Å²) in [5, 5.41) is 0. The molecule has 1 unspecified atom stereocenters. The number of ether oxygens (including phenoxy) is 2. The van der Waals surface area contributed by atoms with Crippen LogP contribution in [-0.4, -0.2) is 88.0 Å². The van der Waals surface area contributed by atoms with Crippen molar-refractivity contribution in [1.29, 1.82) is 0 Å². The summed E-state index contributed by atoms with van der Waals surface area (Å²) in [5.41, 5.74) is 0.533. The summed E-state index contributed by atoms with van der Waals surface area (Å²) in [7, 11) is -2.80. The molecule has 0 aliphatic carbocycles.